The lowest BCUT2D eigenvalue weighted by atomic mass is 10.1. The van der Waals surface area contributed by atoms with Crippen LogP contribution in [0.25, 0.3) is 22.6 Å². The van der Waals surface area contributed by atoms with Crippen molar-refractivity contribution >= 4 is 22.4 Å². The number of hydrogen-bond acceptors (Lipinski definition) is 7. The van der Waals surface area contributed by atoms with Gasteiger partial charge in [0.25, 0.3) is 5.91 Å². The van der Waals surface area contributed by atoms with Crippen molar-refractivity contribution in [2.45, 2.75) is 0 Å². The summed E-state index contributed by atoms with van der Waals surface area (Å²) in [5.41, 5.74) is 2.18. The first kappa shape index (κ1) is 18.7. The minimum absolute atomic E-state index is 0.325. The average molecular weight is 410 g/mol. The normalized spacial score (nSPS) is 10.7. The molecule has 4 rings (SSSR count). The second-order valence-corrected chi connectivity index (χ2v) is 6.90. The SMILES string of the molecule is COc1ccc(F)cc1-c1csc(NC(=O)c2cccc(-c3nnnn3C)c2)n1. The highest BCUT2D eigenvalue weighted by molar-refractivity contribution is 7.14. The topological polar surface area (TPSA) is 94.8 Å². The Morgan fingerprint density at radius 3 is 2.86 bits per heavy atom. The van der Waals surface area contributed by atoms with Crippen LogP contribution >= 0.6 is 11.3 Å². The molecule has 0 fully saturated rings. The van der Waals surface area contributed by atoms with E-state index in [1.807, 2.05) is 6.07 Å². The lowest BCUT2D eigenvalue weighted by Crippen LogP contribution is -2.11. The van der Waals surface area contributed by atoms with E-state index in [2.05, 4.69) is 25.8 Å². The number of rotatable bonds is 5. The van der Waals surface area contributed by atoms with Crippen LogP contribution in [-0.4, -0.2) is 38.2 Å². The number of methoxy groups -OCH3 is 1. The number of thiazole rings is 1. The van der Waals surface area contributed by atoms with Gasteiger partial charge in [-0.1, -0.05) is 12.1 Å². The lowest BCUT2D eigenvalue weighted by molar-refractivity contribution is 0.102. The summed E-state index contributed by atoms with van der Waals surface area (Å²) in [6.07, 6.45) is 0. The molecule has 4 aromatic rings. The molecule has 0 aliphatic rings. The summed E-state index contributed by atoms with van der Waals surface area (Å²) in [7, 11) is 3.23. The largest absolute Gasteiger partial charge is 0.496 e. The summed E-state index contributed by atoms with van der Waals surface area (Å²) in [5.74, 6) is 0.331. The first-order chi connectivity index (χ1) is 14.0. The third-order valence-electron chi connectivity index (χ3n) is 4.17. The molecule has 0 unspecified atom stereocenters. The van der Waals surface area contributed by atoms with Crippen LogP contribution in [-0.2, 0) is 7.05 Å². The van der Waals surface area contributed by atoms with Gasteiger partial charge in [0, 0.05) is 29.1 Å². The fourth-order valence-corrected chi connectivity index (χ4v) is 3.48. The number of tetrazole rings is 1. The molecule has 0 aliphatic heterocycles. The molecule has 0 radical (unpaired) electrons. The Morgan fingerprint density at radius 1 is 1.24 bits per heavy atom. The Kier molecular flexibility index (Phi) is 5.00. The van der Waals surface area contributed by atoms with E-state index in [1.165, 1.54) is 41.3 Å². The number of nitrogens with zero attached hydrogens (tertiary/aromatic N) is 5. The number of carbonyl (C=O) groups excluding carboxylic acids is 1. The fraction of sp³-hybridized carbons (Fsp3) is 0.105. The van der Waals surface area contributed by atoms with Gasteiger partial charge in [0.15, 0.2) is 11.0 Å². The van der Waals surface area contributed by atoms with E-state index in [0.717, 1.165) is 5.56 Å². The average Bonchev–Trinajstić information content (AvgIpc) is 3.37. The number of hydrogen-bond donors (Lipinski definition) is 1. The van der Waals surface area contributed by atoms with Crippen molar-refractivity contribution in [3.63, 3.8) is 0 Å². The number of benzene rings is 2. The molecule has 0 saturated heterocycles. The van der Waals surface area contributed by atoms with E-state index in [9.17, 15) is 9.18 Å². The predicted molar refractivity (Wildman–Crippen MR) is 106 cm³/mol. The Labute approximate surface area is 169 Å². The van der Waals surface area contributed by atoms with E-state index in [-0.39, 0.29) is 5.91 Å². The van der Waals surface area contributed by atoms with Crippen LogP contribution in [0.1, 0.15) is 10.4 Å². The van der Waals surface area contributed by atoms with E-state index in [1.54, 1.807) is 30.6 Å². The number of ether oxygens (including phenoxy) is 1. The molecule has 146 valence electrons. The Balaban J connectivity index is 1.56. The van der Waals surface area contributed by atoms with Crippen molar-refractivity contribution in [1.82, 2.24) is 25.2 Å². The number of aromatic nitrogens is 5. The number of carbonyl (C=O) groups is 1. The van der Waals surface area contributed by atoms with Gasteiger partial charge in [-0.2, -0.15) is 0 Å². The highest BCUT2D eigenvalue weighted by atomic mass is 32.1. The molecule has 2 aromatic carbocycles. The standard InChI is InChI=1S/C19H15FN6O2S/c1-26-17(23-24-25-26)11-4-3-5-12(8-11)18(27)22-19-21-15(10-29-19)14-9-13(20)6-7-16(14)28-2/h3-10H,1-2H3,(H,21,22,27). The quantitative estimate of drug-likeness (QED) is 0.542. The van der Waals surface area contributed by atoms with E-state index in [0.29, 0.717) is 33.5 Å². The van der Waals surface area contributed by atoms with E-state index >= 15 is 0 Å². The maximum Gasteiger partial charge on any atom is 0.257 e. The second-order valence-electron chi connectivity index (χ2n) is 6.04. The second kappa shape index (κ2) is 7.76. The van der Waals surface area contributed by atoms with Gasteiger partial charge in [-0.15, -0.1) is 16.4 Å². The van der Waals surface area contributed by atoms with Gasteiger partial charge in [-0.25, -0.2) is 14.1 Å². The molecule has 8 nitrogen and oxygen atoms in total. The summed E-state index contributed by atoms with van der Waals surface area (Å²) >= 11 is 1.24. The van der Waals surface area contributed by atoms with Gasteiger partial charge < -0.3 is 4.74 Å². The maximum absolute atomic E-state index is 13.6. The third kappa shape index (κ3) is 3.83. The molecule has 2 heterocycles. The van der Waals surface area contributed by atoms with Gasteiger partial charge in [-0.3, -0.25) is 10.1 Å². The number of nitrogens with one attached hydrogen (secondary N) is 1. The third-order valence-corrected chi connectivity index (χ3v) is 4.92. The molecule has 2 aromatic heterocycles. The number of amides is 1. The van der Waals surface area contributed by atoms with Crippen LogP contribution in [0.15, 0.2) is 47.8 Å². The van der Waals surface area contributed by atoms with Crippen molar-refractivity contribution in [3.05, 3.63) is 59.2 Å². The Hall–Kier alpha value is -3.66. The zero-order valence-electron chi connectivity index (χ0n) is 15.5. The monoisotopic (exact) mass is 410 g/mol. The Bertz CT molecular complexity index is 1190. The molecular weight excluding hydrogens is 395 g/mol. The number of halogens is 1. The molecule has 0 atom stereocenters. The molecule has 1 amide bonds. The number of anilines is 1. The van der Waals surface area contributed by atoms with Crippen LogP contribution in [0.4, 0.5) is 9.52 Å². The minimum Gasteiger partial charge on any atom is -0.496 e. The molecule has 29 heavy (non-hydrogen) atoms. The van der Waals surface area contributed by atoms with Gasteiger partial charge >= 0.3 is 0 Å². The first-order valence-corrected chi connectivity index (χ1v) is 9.36. The molecule has 0 saturated carbocycles. The molecule has 0 aliphatic carbocycles. The summed E-state index contributed by atoms with van der Waals surface area (Å²) in [4.78, 5) is 17.0. The van der Waals surface area contributed by atoms with Crippen LogP contribution in [0.3, 0.4) is 0 Å². The van der Waals surface area contributed by atoms with Crippen molar-refractivity contribution in [2.24, 2.45) is 7.05 Å². The van der Waals surface area contributed by atoms with Crippen LogP contribution < -0.4 is 10.1 Å². The smallest absolute Gasteiger partial charge is 0.257 e. The zero-order chi connectivity index (χ0) is 20.4. The van der Waals surface area contributed by atoms with E-state index < -0.39 is 5.82 Å². The lowest BCUT2D eigenvalue weighted by Gasteiger charge is -2.06. The molecule has 0 spiro atoms. The highest BCUT2D eigenvalue weighted by Gasteiger charge is 2.15. The van der Waals surface area contributed by atoms with Gasteiger partial charge in [0.2, 0.25) is 0 Å². The van der Waals surface area contributed by atoms with Crippen molar-refractivity contribution < 1.29 is 13.9 Å². The predicted octanol–water partition coefficient (Wildman–Crippen LogP) is 3.40. The Morgan fingerprint density at radius 2 is 2.10 bits per heavy atom. The van der Waals surface area contributed by atoms with Crippen LogP contribution in [0.5, 0.6) is 5.75 Å². The van der Waals surface area contributed by atoms with E-state index in [4.69, 9.17) is 4.74 Å². The first-order valence-electron chi connectivity index (χ1n) is 8.49. The van der Waals surface area contributed by atoms with Crippen molar-refractivity contribution in [2.75, 3.05) is 12.4 Å². The zero-order valence-corrected chi connectivity index (χ0v) is 16.3. The van der Waals surface area contributed by atoms with Crippen LogP contribution in [0.2, 0.25) is 0 Å². The van der Waals surface area contributed by atoms with Crippen molar-refractivity contribution in [1.29, 1.82) is 0 Å². The van der Waals surface area contributed by atoms with Gasteiger partial charge in [-0.05, 0) is 40.8 Å². The molecular formula is C19H15FN6O2S. The summed E-state index contributed by atoms with van der Waals surface area (Å²) < 4.78 is 20.4. The molecule has 1 N–H and O–H groups in total. The fourth-order valence-electron chi connectivity index (χ4n) is 2.78. The maximum atomic E-state index is 13.6. The summed E-state index contributed by atoms with van der Waals surface area (Å²) in [6, 6.07) is 11.2. The van der Waals surface area contributed by atoms with Crippen molar-refractivity contribution in [3.8, 4) is 28.4 Å². The highest BCUT2D eigenvalue weighted by Crippen LogP contribution is 2.33. The minimum atomic E-state index is -0.394. The van der Waals surface area contributed by atoms with Crippen LogP contribution in [0, 0.1) is 5.82 Å². The molecule has 10 heteroatoms. The van der Waals surface area contributed by atoms with Gasteiger partial charge in [0.05, 0.1) is 12.8 Å². The number of aryl methyl sites for hydroxylation is 1. The summed E-state index contributed by atoms with van der Waals surface area (Å²) in [6.45, 7) is 0. The molecule has 0 bridgehead atoms. The summed E-state index contributed by atoms with van der Waals surface area (Å²) in [5, 5.41) is 16.2. The van der Waals surface area contributed by atoms with Gasteiger partial charge in [0.1, 0.15) is 11.6 Å².